The first-order chi connectivity index (χ1) is 13.8. The van der Waals surface area contributed by atoms with E-state index in [0.29, 0.717) is 5.69 Å². The molecule has 0 fully saturated rings. The Morgan fingerprint density at radius 1 is 0.931 bits per heavy atom. The quantitative estimate of drug-likeness (QED) is 0.504. The van der Waals surface area contributed by atoms with Gasteiger partial charge in [0.15, 0.2) is 0 Å². The van der Waals surface area contributed by atoms with Crippen LogP contribution in [0.4, 0.5) is 17.1 Å². The summed E-state index contributed by atoms with van der Waals surface area (Å²) in [5.74, 6) is -0.561. The van der Waals surface area contributed by atoms with E-state index in [1.54, 1.807) is 31.4 Å². The van der Waals surface area contributed by atoms with Gasteiger partial charge in [0.2, 0.25) is 0 Å². The number of carboxylic acid groups (broad SMARTS) is 1. The number of hydrogen-bond donors (Lipinski definition) is 3. The van der Waals surface area contributed by atoms with E-state index in [9.17, 15) is 13.2 Å². The molecule has 9 heteroatoms. The minimum absolute atomic E-state index is 0.0367. The predicted molar refractivity (Wildman–Crippen MR) is 112 cm³/mol. The summed E-state index contributed by atoms with van der Waals surface area (Å²) in [6, 6.07) is 17.5. The highest BCUT2D eigenvalue weighted by Gasteiger charge is 2.18. The number of nitrogens with one attached hydrogen (secondary N) is 2. The Hall–Kier alpha value is -3.23. The molecule has 3 rings (SSSR count). The Morgan fingerprint density at radius 3 is 2.03 bits per heavy atom. The maximum absolute atomic E-state index is 12.5. The van der Waals surface area contributed by atoms with Gasteiger partial charge in [-0.05, 0) is 66.7 Å². The zero-order valence-corrected chi connectivity index (χ0v) is 16.8. The van der Waals surface area contributed by atoms with Crippen molar-refractivity contribution in [1.82, 2.24) is 0 Å². The molecule has 0 aromatic heterocycles. The molecule has 150 valence electrons. The molecule has 0 bridgehead atoms. The van der Waals surface area contributed by atoms with Crippen LogP contribution in [0.5, 0.6) is 5.75 Å². The summed E-state index contributed by atoms with van der Waals surface area (Å²) in [7, 11) is -2.38. The second-order valence-corrected chi connectivity index (χ2v) is 8.07. The molecule has 0 unspecified atom stereocenters. The first-order valence-corrected chi connectivity index (χ1v) is 10.2. The third-order valence-electron chi connectivity index (χ3n) is 3.99. The van der Waals surface area contributed by atoms with E-state index in [2.05, 4.69) is 10.0 Å². The van der Waals surface area contributed by atoms with E-state index < -0.39 is 16.0 Å². The van der Waals surface area contributed by atoms with Gasteiger partial charge < -0.3 is 15.2 Å². The number of hydrogen-bond acceptors (Lipinski definition) is 5. The van der Waals surface area contributed by atoms with Crippen LogP contribution in [-0.4, -0.2) is 26.6 Å². The first kappa shape index (κ1) is 20.5. The van der Waals surface area contributed by atoms with Gasteiger partial charge in [0.05, 0.1) is 22.6 Å². The van der Waals surface area contributed by atoms with Crippen LogP contribution in [0.15, 0.2) is 71.6 Å². The standard InChI is InChI=1S/C20H17ClN2O5S/c1-28-16-8-6-14(7-9-16)22-13-2-4-15(5-3-13)23-29(26,27)17-10-11-19(21)18(12-17)20(24)25/h2-12,22-23H,1H3,(H,24,25). The lowest BCUT2D eigenvalue weighted by molar-refractivity contribution is 0.0697. The average Bonchev–Trinajstić information content (AvgIpc) is 2.70. The molecule has 7 nitrogen and oxygen atoms in total. The van der Waals surface area contributed by atoms with Crippen molar-refractivity contribution >= 4 is 44.7 Å². The Labute approximate surface area is 173 Å². The van der Waals surface area contributed by atoms with Gasteiger partial charge in [-0.2, -0.15) is 0 Å². The third kappa shape index (κ3) is 4.98. The monoisotopic (exact) mass is 432 g/mol. The predicted octanol–water partition coefficient (Wildman–Crippen LogP) is 4.59. The lowest BCUT2D eigenvalue weighted by Crippen LogP contribution is -2.14. The maximum atomic E-state index is 12.5. The molecule has 0 aliphatic heterocycles. The van der Waals surface area contributed by atoms with E-state index in [4.69, 9.17) is 21.4 Å². The molecular formula is C20H17ClN2O5S. The molecule has 0 aliphatic rings. The van der Waals surface area contributed by atoms with Crippen molar-refractivity contribution in [2.45, 2.75) is 4.90 Å². The van der Waals surface area contributed by atoms with Crippen molar-refractivity contribution in [2.75, 3.05) is 17.1 Å². The van der Waals surface area contributed by atoms with E-state index >= 15 is 0 Å². The summed E-state index contributed by atoms with van der Waals surface area (Å²) in [5.41, 5.74) is 1.66. The van der Waals surface area contributed by atoms with Gasteiger partial charge in [0, 0.05) is 17.1 Å². The van der Waals surface area contributed by atoms with Gasteiger partial charge in [-0.1, -0.05) is 11.6 Å². The molecule has 0 aliphatic carbocycles. The molecule has 0 spiro atoms. The van der Waals surface area contributed by atoms with Crippen molar-refractivity contribution in [3.63, 3.8) is 0 Å². The van der Waals surface area contributed by atoms with Crippen molar-refractivity contribution in [3.05, 3.63) is 77.3 Å². The Balaban J connectivity index is 1.74. The summed E-state index contributed by atoms with van der Waals surface area (Å²) >= 11 is 5.79. The first-order valence-electron chi connectivity index (χ1n) is 8.35. The Kier molecular flexibility index (Phi) is 5.95. The summed E-state index contributed by atoms with van der Waals surface area (Å²) in [6.07, 6.45) is 0. The van der Waals surface area contributed by atoms with Crippen LogP contribution in [0.25, 0.3) is 0 Å². The lowest BCUT2D eigenvalue weighted by atomic mass is 10.2. The minimum atomic E-state index is -3.97. The van der Waals surface area contributed by atoms with Crippen molar-refractivity contribution < 1.29 is 23.1 Å². The second kappa shape index (κ2) is 8.42. The fraction of sp³-hybridized carbons (Fsp3) is 0.0500. The number of sulfonamides is 1. The SMILES string of the molecule is COc1ccc(Nc2ccc(NS(=O)(=O)c3ccc(Cl)c(C(=O)O)c3)cc2)cc1. The highest BCUT2D eigenvalue weighted by atomic mass is 35.5. The number of benzene rings is 3. The largest absolute Gasteiger partial charge is 0.497 e. The normalized spacial score (nSPS) is 11.0. The van der Waals surface area contributed by atoms with Gasteiger partial charge in [0.1, 0.15) is 5.75 Å². The third-order valence-corrected chi connectivity index (χ3v) is 5.70. The van der Waals surface area contributed by atoms with E-state index in [1.165, 1.54) is 12.1 Å². The number of carboxylic acids is 1. The topological polar surface area (TPSA) is 105 Å². The zero-order valence-electron chi connectivity index (χ0n) is 15.2. The second-order valence-electron chi connectivity index (χ2n) is 5.98. The number of methoxy groups -OCH3 is 1. The molecule has 0 saturated heterocycles. The summed E-state index contributed by atoms with van der Waals surface area (Å²) in [6.45, 7) is 0. The van der Waals surface area contributed by atoms with Gasteiger partial charge in [-0.3, -0.25) is 4.72 Å². The van der Waals surface area contributed by atoms with E-state index in [0.717, 1.165) is 23.2 Å². The number of carbonyl (C=O) groups is 1. The fourth-order valence-electron chi connectivity index (χ4n) is 2.51. The van der Waals surface area contributed by atoms with Crippen LogP contribution in [0.2, 0.25) is 5.02 Å². The number of aromatic carboxylic acids is 1. The molecule has 3 N–H and O–H groups in total. The number of ether oxygens (including phenoxy) is 1. The van der Waals surface area contributed by atoms with Crippen LogP contribution >= 0.6 is 11.6 Å². The number of rotatable bonds is 7. The van der Waals surface area contributed by atoms with Crippen molar-refractivity contribution in [3.8, 4) is 5.75 Å². The summed E-state index contributed by atoms with van der Waals surface area (Å²) in [4.78, 5) is 11.0. The van der Waals surface area contributed by atoms with Crippen molar-refractivity contribution in [2.24, 2.45) is 0 Å². The summed E-state index contributed by atoms with van der Waals surface area (Å²) in [5, 5.41) is 12.3. The molecule has 0 atom stereocenters. The Bertz CT molecular complexity index is 1130. The molecule has 29 heavy (non-hydrogen) atoms. The highest BCUT2D eigenvalue weighted by molar-refractivity contribution is 7.92. The average molecular weight is 433 g/mol. The van der Waals surface area contributed by atoms with Gasteiger partial charge in [-0.15, -0.1) is 0 Å². The minimum Gasteiger partial charge on any atom is -0.497 e. The molecule has 3 aromatic rings. The number of halogens is 1. The molecule has 0 saturated carbocycles. The van der Waals surface area contributed by atoms with Crippen LogP contribution in [-0.2, 0) is 10.0 Å². The zero-order chi connectivity index (χ0) is 21.0. The van der Waals surface area contributed by atoms with Gasteiger partial charge >= 0.3 is 5.97 Å². The van der Waals surface area contributed by atoms with Crippen LogP contribution < -0.4 is 14.8 Å². The summed E-state index contributed by atoms with van der Waals surface area (Å²) < 4.78 is 32.6. The van der Waals surface area contributed by atoms with E-state index in [-0.39, 0.29) is 15.5 Å². The lowest BCUT2D eigenvalue weighted by Gasteiger charge is -2.11. The fourth-order valence-corrected chi connectivity index (χ4v) is 3.79. The van der Waals surface area contributed by atoms with Crippen LogP contribution in [0.1, 0.15) is 10.4 Å². The smallest absolute Gasteiger partial charge is 0.337 e. The van der Waals surface area contributed by atoms with E-state index in [1.807, 2.05) is 24.3 Å². The Morgan fingerprint density at radius 2 is 1.48 bits per heavy atom. The molecule has 0 radical (unpaired) electrons. The molecule has 0 heterocycles. The molecule has 3 aromatic carbocycles. The van der Waals surface area contributed by atoms with Crippen LogP contribution in [0, 0.1) is 0 Å². The van der Waals surface area contributed by atoms with Gasteiger partial charge in [0.25, 0.3) is 10.0 Å². The van der Waals surface area contributed by atoms with Gasteiger partial charge in [-0.25, -0.2) is 13.2 Å². The maximum Gasteiger partial charge on any atom is 0.337 e. The van der Waals surface area contributed by atoms with Crippen LogP contribution in [0.3, 0.4) is 0 Å². The highest BCUT2D eigenvalue weighted by Crippen LogP contribution is 2.24. The van der Waals surface area contributed by atoms with Crippen molar-refractivity contribution in [1.29, 1.82) is 0 Å². The number of anilines is 3. The molecular weight excluding hydrogens is 416 g/mol. The molecule has 0 amide bonds.